The van der Waals surface area contributed by atoms with Crippen LogP contribution < -0.4 is 10.6 Å². The van der Waals surface area contributed by atoms with E-state index < -0.39 is 0 Å². The number of aliphatic imine (C=N–C) groups is 1. The lowest BCUT2D eigenvalue weighted by Crippen LogP contribution is -2.43. The summed E-state index contributed by atoms with van der Waals surface area (Å²) in [6.45, 7) is 4.39. The van der Waals surface area contributed by atoms with E-state index in [2.05, 4.69) is 27.6 Å². The second-order valence-corrected chi connectivity index (χ2v) is 5.67. The zero-order valence-electron chi connectivity index (χ0n) is 13.5. The largest absolute Gasteiger partial charge is 0.355 e. The van der Waals surface area contributed by atoms with Crippen molar-refractivity contribution < 1.29 is 4.39 Å². The monoisotopic (exact) mass is 420 g/mol. The van der Waals surface area contributed by atoms with Crippen molar-refractivity contribution in [1.29, 1.82) is 0 Å². The first kappa shape index (κ1) is 19.2. The van der Waals surface area contributed by atoms with Crippen molar-refractivity contribution in [2.45, 2.75) is 32.4 Å². The van der Waals surface area contributed by atoms with Crippen LogP contribution in [-0.2, 0) is 6.54 Å². The average molecular weight is 420 g/mol. The van der Waals surface area contributed by atoms with Gasteiger partial charge in [-0.25, -0.2) is 4.39 Å². The highest BCUT2D eigenvalue weighted by Gasteiger charge is 2.20. The van der Waals surface area contributed by atoms with Crippen molar-refractivity contribution >= 4 is 29.9 Å². The lowest BCUT2D eigenvalue weighted by Gasteiger charge is -2.21. The smallest absolute Gasteiger partial charge is 0.191 e. The van der Waals surface area contributed by atoms with Crippen molar-refractivity contribution in [3.05, 3.63) is 35.1 Å². The summed E-state index contributed by atoms with van der Waals surface area (Å²) in [6, 6.07) is 5.88. The van der Waals surface area contributed by atoms with Gasteiger partial charge in [0, 0.05) is 26.2 Å². The fourth-order valence-corrected chi connectivity index (χ4v) is 2.60. The van der Waals surface area contributed by atoms with E-state index in [1.807, 2.05) is 6.07 Å². The van der Waals surface area contributed by atoms with Gasteiger partial charge in [-0.3, -0.25) is 4.99 Å². The first-order valence-corrected chi connectivity index (χ1v) is 7.50. The van der Waals surface area contributed by atoms with E-state index in [1.54, 1.807) is 26.1 Å². The number of hydrogen-bond donors (Lipinski definition) is 2. The summed E-state index contributed by atoms with van der Waals surface area (Å²) >= 11 is 0. The molecule has 0 spiro atoms. The molecule has 1 aliphatic heterocycles. The number of rotatable bonds is 4. The van der Waals surface area contributed by atoms with Gasteiger partial charge in [-0.15, -0.1) is 24.0 Å². The maximum atomic E-state index is 13.5. The Hall–Kier alpha value is -0.890. The molecule has 1 saturated heterocycles. The zero-order chi connectivity index (χ0) is 15.2. The Labute approximate surface area is 149 Å². The second-order valence-electron chi connectivity index (χ2n) is 5.67. The van der Waals surface area contributed by atoms with Crippen LogP contribution in [0.1, 0.15) is 24.0 Å². The van der Waals surface area contributed by atoms with Gasteiger partial charge in [0.2, 0.25) is 0 Å². The first-order valence-electron chi connectivity index (χ1n) is 7.50. The number of hydrogen-bond acceptors (Lipinski definition) is 2. The molecule has 1 heterocycles. The molecule has 0 aromatic heterocycles. The molecule has 1 aliphatic rings. The van der Waals surface area contributed by atoms with E-state index in [0.717, 1.165) is 18.1 Å². The Morgan fingerprint density at radius 2 is 2.18 bits per heavy atom. The average Bonchev–Trinajstić information content (AvgIpc) is 2.88. The number of likely N-dealkylation sites (N-methyl/N-ethyl adjacent to an activating group) is 1. The summed E-state index contributed by atoms with van der Waals surface area (Å²) in [6.07, 6.45) is 2.49. The molecule has 1 aromatic carbocycles. The SMILES string of the molecule is CN=C(NCc1ccc(C)c(F)c1)NCC1CCCN1C.I. The fraction of sp³-hybridized carbons (Fsp3) is 0.562. The number of nitrogens with one attached hydrogen (secondary N) is 2. The van der Waals surface area contributed by atoms with Gasteiger partial charge in [-0.2, -0.15) is 0 Å². The molecule has 1 fully saturated rings. The summed E-state index contributed by atoms with van der Waals surface area (Å²) in [5, 5.41) is 6.57. The Morgan fingerprint density at radius 3 is 2.77 bits per heavy atom. The van der Waals surface area contributed by atoms with Gasteiger partial charge in [0.15, 0.2) is 5.96 Å². The van der Waals surface area contributed by atoms with Gasteiger partial charge in [-0.1, -0.05) is 12.1 Å². The first-order chi connectivity index (χ1) is 10.1. The third-order valence-corrected chi connectivity index (χ3v) is 4.10. The number of halogens is 2. The van der Waals surface area contributed by atoms with Gasteiger partial charge in [-0.05, 0) is 50.6 Å². The molecule has 2 rings (SSSR count). The quantitative estimate of drug-likeness (QED) is 0.447. The third kappa shape index (κ3) is 5.39. The molecule has 1 aromatic rings. The molecule has 22 heavy (non-hydrogen) atoms. The molecule has 0 aliphatic carbocycles. The maximum Gasteiger partial charge on any atom is 0.191 e. The molecular weight excluding hydrogens is 394 g/mol. The van der Waals surface area contributed by atoms with Crippen LogP contribution in [-0.4, -0.2) is 44.1 Å². The van der Waals surface area contributed by atoms with Crippen molar-refractivity contribution in [3.63, 3.8) is 0 Å². The van der Waals surface area contributed by atoms with Crippen LogP contribution in [0.2, 0.25) is 0 Å². The van der Waals surface area contributed by atoms with Crippen molar-refractivity contribution in [1.82, 2.24) is 15.5 Å². The van der Waals surface area contributed by atoms with E-state index >= 15 is 0 Å². The predicted molar refractivity (Wildman–Crippen MR) is 100 cm³/mol. The summed E-state index contributed by atoms with van der Waals surface area (Å²) in [5.74, 6) is 0.598. The van der Waals surface area contributed by atoms with Crippen LogP contribution in [0, 0.1) is 12.7 Å². The van der Waals surface area contributed by atoms with Gasteiger partial charge < -0.3 is 15.5 Å². The molecule has 0 saturated carbocycles. The highest BCUT2D eigenvalue weighted by atomic mass is 127. The Balaban J connectivity index is 0.00000242. The second kappa shape index (κ2) is 9.29. The van der Waals surface area contributed by atoms with E-state index in [-0.39, 0.29) is 29.8 Å². The normalized spacial score (nSPS) is 18.9. The van der Waals surface area contributed by atoms with Crippen LogP contribution in [0.4, 0.5) is 4.39 Å². The van der Waals surface area contributed by atoms with Crippen molar-refractivity contribution in [2.75, 3.05) is 27.2 Å². The minimum atomic E-state index is -0.162. The summed E-state index contributed by atoms with van der Waals surface area (Å²) in [5.41, 5.74) is 1.59. The molecule has 0 amide bonds. The van der Waals surface area contributed by atoms with Crippen molar-refractivity contribution in [2.24, 2.45) is 4.99 Å². The Kier molecular flexibility index (Phi) is 8.09. The Morgan fingerprint density at radius 1 is 1.41 bits per heavy atom. The number of nitrogens with zero attached hydrogens (tertiary/aromatic N) is 2. The number of benzene rings is 1. The Bertz CT molecular complexity index is 507. The van der Waals surface area contributed by atoms with Gasteiger partial charge in [0.05, 0.1) is 0 Å². The van der Waals surface area contributed by atoms with Crippen LogP contribution >= 0.6 is 24.0 Å². The standard InChI is InChI=1S/C16H25FN4.HI/c1-12-6-7-13(9-15(12)17)10-19-16(18-2)20-11-14-5-4-8-21(14)3;/h6-7,9,14H,4-5,8,10-11H2,1-3H3,(H2,18,19,20);1H. The molecule has 1 atom stereocenters. The van der Waals surface area contributed by atoms with Crippen LogP contribution in [0.3, 0.4) is 0 Å². The van der Waals surface area contributed by atoms with E-state index in [4.69, 9.17) is 0 Å². The minimum absolute atomic E-state index is 0. The van der Waals surface area contributed by atoms with Gasteiger partial charge in [0.25, 0.3) is 0 Å². The zero-order valence-corrected chi connectivity index (χ0v) is 15.9. The van der Waals surface area contributed by atoms with Crippen LogP contribution in [0.25, 0.3) is 0 Å². The summed E-state index contributed by atoms with van der Waals surface area (Å²) in [4.78, 5) is 6.58. The summed E-state index contributed by atoms with van der Waals surface area (Å²) < 4.78 is 13.5. The minimum Gasteiger partial charge on any atom is -0.355 e. The fourth-order valence-electron chi connectivity index (χ4n) is 2.60. The lowest BCUT2D eigenvalue weighted by molar-refractivity contribution is 0.309. The van der Waals surface area contributed by atoms with Crippen molar-refractivity contribution in [3.8, 4) is 0 Å². The molecule has 6 heteroatoms. The lowest BCUT2D eigenvalue weighted by atomic mass is 10.1. The molecule has 2 N–H and O–H groups in total. The highest BCUT2D eigenvalue weighted by Crippen LogP contribution is 2.13. The maximum absolute atomic E-state index is 13.5. The number of aryl methyl sites for hydroxylation is 1. The third-order valence-electron chi connectivity index (χ3n) is 4.10. The summed E-state index contributed by atoms with van der Waals surface area (Å²) in [7, 11) is 3.91. The van der Waals surface area contributed by atoms with Gasteiger partial charge >= 0.3 is 0 Å². The number of likely N-dealkylation sites (tertiary alicyclic amines) is 1. The van der Waals surface area contributed by atoms with E-state index in [9.17, 15) is 4.39 Å². The molecule has 124 valence electrons. The molecule has 1 unspecified atom stereocenters. The van der Waals surface area contributed by atoms with Crippen LogP contribution in [0.5, 0.6) is 0 Å². The van der Waals surface area contributed by atoms with Gasteiger partial charge in [0.1, 0.15) is 5.82 Å². The highest BCUT2D eigenvalue weighted by molar-refractivity contribution is 14.0. The molecule has 0 bridgehead atoms. The van der Waals surface area contributed by atoms with E-state index in [1.165, 1.54) is 19.4 Å². The molecule has 4 nitrogen and oxygen atoms in total. The molecular formula is C16H26FIN4. The topological polar surface area (TPSA) is 39.7 Å². The number of guanidine groups is 1. The van der Waals surface area contributed by atoms with E-state index in [0.29, 0.717) is 18.2 Å². The predicted octanol–water partition coefficient (Wildman–Crippen LogP) is 2.51. The van der Waals surface area contributed by atoms with Crippen LogP contribution in [0.15, 0.2) is 23.2 Å². The molecule has 0 radical (unpaired) electrons.